The van der Waals surface area contributed by atoms with Gasteiger partial charge in [0.2, 0.25) is 0 Å². The van der Waals surface area contributed by atoms with Crippen LogP contribution in [0.4, 0.5) is 5.82 Å². The van der Waals surface area contributed by atoms with Gasteiger partial charge in [0.15, 0.2) is 0 Å². The van der Waals surface area contributed by atoms with Gasteiger partial charge in [0.05, 0.1) is 12.1 Å². The van der Waals surface area contributed by atoms with Gasteiger partial charge in [-0.15, -0.1) is 0 Å². The number of hydrogen-bond donors (Lipinski definition) is 1. The first-order chi connectivity index (χ1) is 12.3. The zero-order chi connectivity index (χ0) is 17.5. The molecule has 0 aliphatic rings. The maximum Gasteiger partial charge on any atom is 0.135 e. The molecule has 0 fully saturated rings. The molecule has 0 saturated carbocycles. The second kappa shape index (κ2) is 8.47. The highest BCUT2D eigenvalue weighted by Crippen LogP contribution is 2.20. The van der Waals surface area contributed by atoms with Gasteiger partial charge in [-0.3, -0.25) is 0 Å². The van der Waals surface area contributed by atoms with Gasteiger partial charge in [0, 0.05) is 11.8 Å². The summed E-state index contributed by atoms with van der Waals surface area (Å²) in [6.07, 6.45) is 5.47. The Morgan fingerprint density at radius 3 is 2.72 bits per heavy atom. The van der Waals surface area contributed by atoms with Crippen LogP contribution in [0.3, 0.4) is 0 Å². The summed E-state index contributed by atoms with van der Waals surface area (Å²) in [6, 6.07) is 16.0. The van der Waals surface area contributed by atoms with Gasteiger partial charge in [-0.1, -0.05) is 50.5 Å². The van der Waals surface area contributed by atoms with Crippen LogP contribution in [0.2, 0.25) is 0 Å². The van der Waals surface area contributed by atoms with Crippen molar-refractivity contribution in [2.75, 3.05) is 12.3 Å². The molecule has 1 heterocycles. The fraction of sp³-hybridized carbons (Fsp3) is 0.333. The molecule has 0 unspecified atom stereocenters. The number of nitrogens with zero attached hydrogens (tertiary/aromatic N) is 2. The van der Waals surface area contributed by atoms with Crippen molar-refractivity contribution >= 4 is 16.7 Å². The van der Waals surface area contributed by atoms with Gasteiger partial charge in [-0.05, 0) is 36.2 Å². The Labute approximate surface area is 149 Å². The number of anilines is 1. The smallest absolute Gasteiger partial charge is 0.135 e. The van der Waals surface area contributed by atoms with Crippen LogP contribution in [0.5, 0.6) is 5.75 Å². The molecule has 0 radical (unpaired) electrons. The highest BCUT2D eigenvalue weighted by Gasteiger charge is 2.06. The van der Waals surface area contributed by atoms with Crippen molar-refractivity contribution in [3.8, 4) is 5.75 Å². The summed E-state index contributed by atoms with van der Waals surface area (Å²) < 4.78 is 5.86. The van der Waals surface area contributed by atoms with Gasteiger partial charge in [0.25, 0.3) is 0 Å². The first-order valence-corrected chi connectivity index (χ1v) is 8.99. The lowest BCUT2D eigenvalue weighted by Crippen LogP contribution is -2.02. The van der Waals surface area contributed by atoms with E-state index in [2.05, 4.69) is 29.0 Å². The molecule has 3 rings (SSSR count). The van der Waals surface area contributed by atoms with E-state index in [9.17, 15) is 0 Å². The summed E-state index contributed by atoms with van der Waals surface area (Å²) in [6.45, 7) is 2.98. The largest absolute Gasteiger partial charge is 0.494 e. The standard InChI is InChI=1S/C21H25N3O/c1-2-3-4-7-13-25-17-10-8-9-16(14-17)15-20-23-19-12-6-5-11-18(19)21(22)24-20/h5-6,8-12,14H,2-4,7,13,15H2,1H3,(H2,22,23,24). The molecule has 2 aromatic carbocycles. The van der Waals surface area contributed by atoms with Crippen molar-refractivity contribution in [2.24, 2.45) is 0 Å². The Morgan fingerprint density at radius 2 is 1.84 bits per heavy atom. The molecule has 0 atom stereocenters. The molecule has 4 heteroatoms. The van der Waals surface area contributed by atoms with Crippen molar-refractivity contribution in [2.45, 2.75) is 39.0 Å². The third kappa shape index (κ3) is 4.69. The number of nitrogen functional groups attached to an aromatic ring is 1. The number of para-hydroxylation sites is 1. The van der Waals surface area contributed by atoms with E-state index < -0.39 is 0 Å². The topological polar surface area (TPSA) is 61.0 Å². The average Bonchev–Trinajstić information content (AvgIpc) is 2.62. The highest BCUT2D eigenvalue weighted by atomic mass is 16.5. The summed E-state index contributed by atoms with van der Waals surface area (Å²) in [5.41, 5.74) is 8.08. The molecule has 0 saturated heterocycles. The van der Waals surface area contributed by atoms with Crippen molar-refractivity contribution in [1.29, 1.82) is 0 Å². The minimum absolute atomic E-state index is 0.531. The molecule has 1 aromatic heterocycles. The molecule has 4 nitrogen and oxygen atoms in total. The predicted molar refractivity (Wildman–Crippen MR) is 103 cm³/mol. The van der Waals surface area contributed by atoms with Crippen LogP contribution in [0.1, 0.15) is 44.0 Å². The first kappa shape index (κ1) is 17.2. The SMILES string of the molecule is CCCCCCOc1cccc(Cc2nc(N)c3ccccc3n2)c1. The third-order valence-corrected chi connectivity index (χ3v) is 4.21. The fourth-order valence-electron chi connectivity index (χ4n) is 2.88. The lowest BCUT2D eigenvalue weighted by atomic mass is 10.1. The molecule has 2 N–H and O–H groups in total. The molecule has 0 bridgehead atoms. The Morgan fingerprint density at radius 1 is 0.960 bits per heavy atom. The maximum absolute atomic E-state index is 6.07. The van der Waals surface area contributed by atoms with E-state index in [-0.39, 0.29) is 0 Å². The van der Waals surface area contributed by atoms with E-state index in [4.69, 9.17) is 10.5 Å². The minimum atomic E-state index is 0.531. The number of nitrogens with two attached hydrogens (primary N) is 1. The summed E-state index contributed by atoms with van der Waals surface area (Å²) in [7, 11) is 0. The molecule has 25 heavy (non-hydrogen) atoms. The fourth-order valence-corrected chi connectivity index (χ4v) is 2.88. The van der Waals surface area contributed by atoms with Crippen LogP contribution in [0.15, 0.2) is 48.5 Å². The Balaban J connectivity index is 1.67. The molecule has 0 spiro atoms. The van der Waals surface area contributed by atoms with Crippen molar-refractivity contribution in [1.82, 2.24) is 9.97 Å². The normalized spacial score (nSPS) is 10.9. The van der Waals surface area contributed by atoms with Crippen LogP contribution in [0, 0.1) is 0 Å². The van der Waals surface area contributed by atoms with Crippen molar-refractivity contribution < 1.29 is 4.74 Å². The predicted octanol–water partition coefficient (Wildman–Crippen LogP) is 4.76. The van der Waals surface area contributed by atoms with Gasteiger partial charge in [-0.25, -0.2) is 9.97 Å². The second-order valence-corrected chi connectivity index (χ2v) is 6.28. The number of unbranched alkanes of at least 4 members (excludes halogenated alkanes) is 3. The Hall–Kier alpha value is -2.62. The van der Waals surface area contributed by atoms with E-state index in [0.29, 0.717) is 12.2 Å². The number of ether oxygens (including phenoxy) is 1. The summed E-state index contributed by atoms with van der Waals surface area (Å²) in [4.78, 5) is 9.07. The Bertz CT molecular complexity index is 832. The zero-order valence-corrected chi connectivity index (χ0v) is 14.7. The lowest BCUT2D eigenvalue weighted by molar-refractivity contribution is 0.305. The van der Waals surface area contributed by atoms with Gasteiger partial charge >= 0.3 is 0 Å². The molecular weight excluding hydrogens is 310 g/mol. The maximum atomic E-state index is 6.07. The van der Waals surface area contributed by atoms with Gasteiger partial charge in [0.1, 0.15) is 17.4 Å². The van der Waals surface area contributed by atoms with E-state index >= 15 is 0 Å². The quantitative estimate of drug-likeness (QED) is 0.603. The van der Waals surface area contributed by atoms with E-state index in [0.717, 1.165) is 41.1 Å². The van der Waals surface area contributed by atoms with Crippen LogP contribution >= 0.6 is 0 Å². The molecule has 0 aliphatic carbocycles. The van der Waals surface area contributed by atoms with E-state index in [1.807, 2.05) is 36.4 Å². The molecule has 0 amide bonds. The van der Waals surface area contributed by atoms with Crippen molar-refractivity contribution in [3.63, 3.8) is 0 Å². The monoisotopic (exact) mass is 335 g/mol. The molecule has 130 valence electrons. The van der Waals surface area contributed by atoms with Gasteiger partial charge < -0.3 is 10.5 Å². The van der Waals surface area contributed by atoms with Crippen LogP contribution < -0.4 is 10.5 Å². The minimum Gasteiger partial charge on any atom is -0.494 e. The number of aromatic nitrogens is 2. The lowest BCUT2D eigenvalue weighted by Gasteiger charge is -2.09. The van der Waals surface area contributed by atoms with Crippen LogP contribution in [-0.4, -0.2) is 16.6 Å². The Kier molecular flexibility index (Phi) is 5.83. The average molecular weight is 335 g/mol. The van der Waals surface area contributed by atoms with E-state index in [1.165, 1.54) is 19.3 Å². The highest BCUT2D eigenvalue weighted by molar-refractivity contribution is 5.87. The molecule has 3 aromatic rings. The van der Waals surface area contributed by atoms with Crippen LogP contribution in [0.25, 0.3) is 10.9 Å². The summed E-state index contributed by atoms with van der Waals surface area (Å²) in [5, 5.41) is 0.899. The molecule has 0 aliphatic heterocycles. The zero-order valence-electron chi connectivity index (χ0n) is 14.7. The van der Waals surface area contributed by atoms with Crippen molar-refractivity contribution in [3.05, 3.63) is 59.9 Å². The number of hydrogen-bond acceptors (Lipinski definition) is 4. The van der Waals surface area contributed by atoms with Crippen LogP contribution in [-0.2, 0) is 6.42 Å². The first-order valence-electron chi connectivity index (χ1n) is 8.99. The third-order valence-electron chi connectivity index (χ3n) is 4.21. The van der Waals surface area contributed by atoms with E-state index in [1.54, 1.807) is 0 Å². The molecular formula is C21H25N3O. The number of fused-ring (bicyclic) bond motifs is 1. The second-order valence-electron chi connectivity index (χ2n) is 6.28. The number of benzene rings is 2. The number of rotatable bonds is 8. The van der Waals surface area contributed by atoms with Gasteiger partial charge in [-0.2, -0.15) is 0 Å². The summed E-state index contributed by atoms with van der Waals surface area (Å²) >= 11 is 0. The summed E-state index contributed by atoms with van der Waals surface area (Å²) in [5.74, 6) is 2.17.